The molecule has 1 saturated heterocycles. The van der Waals surface area contributed by atoms with E-state index in [4.69, 9.17) is 0 Å². The van der Waals surface area contributed by atoms with Crippen molar-refractivity contribution < 1.29 is 4.79 Å². The van der Waals surface area contributed by atoms with Crippen LogP contribution >= 0.6 is 0 Å². The summed E-state index contributed by atoms with van der Waals surface area (Å²) in [6, 6.07) is 0.261. The van der Waals surface area contributed by atoms with Gasteiger partial charge in [0.05, 0.1) is 0 Å². The smallest absolute Gasteiger partial charge is 0.254 e. The fourth-order valence-electron chi connectivity index (χ4n) is 2.28. The Kier molecular flexibility index (Phi) is 6.30. The predicted molar refractivity (Wildman–Crippen MR) is 80.9 cm³/mol. The lowest BCUT2D eigenvalue weighted by Gasteiger charge is -2.32. The van der Waals surface area contributed by atoms with Crippen molar-refractivity contribution in [3.8, 4) is 0 Å². The molecular weight excluding hydrogens is 236 g/mol. The highest BCUT2D eigenvalue weighted by Crippen LogP contribution is 2.16. The molecular formula is C16H24N2O. The second-order valence-electron chi connectivity index (χ2n) is 4.69. The molecule has 1 N–H and O–H groups in total. The van der Waals surface area contributed by atoms with Gasteiger partial charge in [-0.3, -0.25) is 4.79 Å². The Morgan fingerprint density at radius 1 is 1.37 bits per heavy atom. The van der Waals surface area contributed by atoms with Crippen molar-refractivity contribution >= 4 is 5.91 Å². The average Bonchev–Trinajstić information content (AvgIpc) is 2.47. The first-order chi connectivity index (χ1) is 9.15. The molecule has 0 aliphatic carbocycles. The first-order valence-corrected chi connectivity index (χ1v) is 6.75. The predicted octanol–water partition coefficient (Wildman–Crippen LogP) is 2.44. The first kappa shape index (κ1) is 15.4. The van der Waals surface area contributed by atoms with Crippen LogP contribution in [0.5, 0.6) is 0 Å². The van der Waals surface area contributed by atoms with Crippen LogP contribution in [-0.2, 0) is 4.79 Å². The third-order valence-electron chi connectivity index (χ3n) is 3.45. The van der Waals surface area contributed by atoms with E-state index < -0.39 is 0 Å². The van der Waals surface area contributed by atoms with Gasteiger partial charge in [0.2, 0.25) is 0 Å². The van der Waals surface area contributed by atoms with Crippen LogP contribution in [0.2, 0.25) is 0 Å². The molecule has 1 atom stereocenters. The van der Waals surface area contributed by atoms with Gasteiger partial charge in [0.25, 0.3) is 5.91 Å². The van der Waals surface area contributed by atoms with E-state index in [2.05, 4.69) is 18.5 Å². The SMILES string of the molecule is C=CC(C=C)=C(/C=C\C)C(=O)N(C)C1CCCNC1. The highest BCUT2D eigenvalue weighted by atomic mass is 16.2. The standard InChI is InChI=1S/C16H24N2O/c1-5-9-15(13(6-2)7-3)16(19)18(4)14-10-8-11-17-12-14/h5-7,9,14,17H,2-3,8,10-12H2,1,4H3/b9-5-. The summed E-state index contributed by atoms with van der Waals surface area (Å²) in [4.78, 5) is 14.4. The van der Waals surface area contributed by atoms with Gasteiger partial charge in [-0.1, -0.05) is 37.5 Å². The van der Waals surface area contributed by atoms with Gasteiger partial charge in [0.1, 0.15) is 0 Å². The number of nitrogens with zero attached hydrogens (tertiary/aromatic N) is 1. The number of amides is 1. The quantitative estimate of drug-likeness (QED) is 0.608. The van der Waals surface area contributed by atoms with Crippen molar-refractivity contribution in [2.45, 2.75) is 25.8 Å². The zero-order valence-electron chi connectivity index (χ0n) is 12.0. The van der Waals surface area contributed by atoms with Crippen molar-refractivity contribution in [3.05, 3.63) is 48.6 Å². The fraction of sp³-hybridized carbons (Fsp3) is 0.438. The normalized spacial score (nSPS) is 18.9. The van der Waals surface area contributed by atoms with Gasteiger partial charge in [-0.25, -0.2) is 0 Å². The Labute approximate surface area is 116 Å². The van der Waals surface area contributed by atoms with E-state index in [1.807, 2.05) is 31.0 Å². The Bertz CT molecular complexity index is 391. The second kappa shape index (κ2) is 7.74. The number of carbonyl (C=O) groups excluding carboxylic acids is 1. The Morgan fingerprint density at radius 3 is 2.53 bits per heavy atom. The molecule has 1 rings (SSSR count). The molecule has 0 aromatic heterocycles. The topological polar surface area (TPSA) is 32.3 Å². The minimum Gasteiger partial charge on any atom is -0.337 e. The monoisotopic (exact) mass is 260 g/mol. The Balaban J connectivity index is 2.96. The zero-order valence-corrected chi connectivity index (χ0v) is 12.0. The maximum atomic E-state index is 12.6. The summed E-state index contributed by atoms with van der Waals surface area (Å²) in [6.07, 6.45) is 9.21. The second-order valence-corrected chi connectivity index (χ2v) is 4.69. The van der Waals surface area contributed by atoms with Crippen molar-refractivity contribution in [1.29, 1.82) is 0 Å². The molecule has 1 unspecified atom stereocenters. The Morgan fingerprint density at radius 2 is 2.05 bits per heavy atom. The molecule has 0 bridgehead atoms. The highest BCUT2D eigenvalue weighted by molar-refractivity contribution is 5.98. The van der Waals surface area contributed by atoms with Gasteiger partial charge in [-0.05, 0) is 31.9 Å². The zero-order chi connectivity index (χ0) is 14.3. The number of hydrogen-bond acceptors (Lipinski definition) is 2. The van der Waals surface area contributed by atoms with E-state index in [1.165, 1.54) is 0 Å². The third kappa shape index (κ3) is 3.93. The number of rotatable bonds is 5. The summed E-state index contributed by atoms with van der Waals surface area (Å²) >= 11 is 0. The molecule has 104 valence electrons. The largest absolute Gasteiger partial charge is 0.337 e. The summed E-state index contributed by atoms with van der Waals surface area (Å²) in [5.41, 5.74) is 1.43. The van der Waals surface area contributed by atoms with Gasteiger partial charge in [0.15, 0.2) is 0 Å². The summed E-state index contributed by atoms with van der Waals surface area (Å²) in [5, 5.41) is 3.33. The lowest BCUT2D eigenvalue weighted by molar-refractivity contribution is -0.127. The molecule has 0 aromatic carbocycles. The number of likely N-dealkylation sites (N-methyl/N-ethyl adjacent to an activating group) is 1. The van der Waals surface area contributed by atoms with E-state index in [9.17, 15) is 4.79 Å². The molecule has 0 aromatic rings. The van der Waals surface area contributed by atoms with Crippen LogP contribution in [0.3, 0.4) is 0 Å². The molecule has 0 radical (unpaired) electrons. The maximum Gasteiger partial charge on any atom is 0.254 e. The van der Waals surface area contributed by atoms with E-state index >= 15 is 0 Å². The average molecular weight is 260 g/mol. The van der Waals surface area contributed by atoms with E-state index in [1.54, 1.807) is 12.2 Å². The van der Waals surface area contributed by atoms with Gasteiger partial charge in [-0.15, -0.1) is 0 Å². The summed E-state index contributed by atoms with van der Waals surface area (Å²) in [7, 11) is 1.87. The summed E-state index contributed by atoms with van der Waals surface area (Å²) < 4.78 is 0. The molecule has 1 amide bonds. The number of piperidine rings is 1. The lowest BCUT2D eigenvalue weighted by Crippen LogP contribution is -2.47. The molecule has 0 spiro atoms. The molecule has 3 heteroatoms. The van der Waals surface area contributed by atoms with E-state index in [0.717, 1.165) is 31.5 Å². The molecule has 1 heterocycles. The number of hydrogen-bond donors (Lipinski definition) is 1. The Hall–Kier alpha value is -1.61. The van der Waals surface area contributed by atoms with Gasteiger partial charge in [-0.2, -0.15) is 0 Å². The van der Waals surface area contributed by atoms with Crippen molar-refractivity contribution in [2.75, 3.05) is 20.1 Å². The maximum absolute atomic E-state index is 12.6. The summed E-state index contributed by atoms with van der Waals surface area (Å²) in [6.45, 7) is 11.3. The van der Waals surface area contributed by atoms with Crippen LogP contribution in [0.1, 0.15) is 19.8 Å². The molecule has 19 heavy (non-hydrogen) atoms. The van der Waals surface area contributed by atoms with Crippen molar-refractivity contribution in [1.82, 2.24) is 10.2 Å². The van der Waals surface area contributed by atoms with Crippen molar-refractivity contribution in [3.63, 3.8) is 0 Å². The van der Waals surface area contributed by atoms with Gasteiger partial charge in [0, 0.05) is 25.2 Å². The van der Waals surface area contributed by atoms with Crippen LogP contribution < -0.4 is 5.32 Å². The first-order valence-electron chi connectivity index (χ1n) is 6.75. The number of carbonyl (C=O) groups is 1. The van der Waals surface area contributed by atoms with Crippen LogP contribution in [-0.4, -0.2) is 37.0 Å². The molecule has 1 fully saturated rings. The van der Waals surface area contributed by atoms with E-state index in [-0.39, 0.29) is 11.9 Å². The third-order valence-corrected chi connectivity index (χ3v) is 3.45. The number of nitrogens with one attached hydrogen (secondary N) is 1. The lowest BCUT2D eigenvalue weighted by atomic mass is 10.0. The molecule has 3 nitrogen and oxygen atoms in total. The number of allylic oxidation sites excluding steroid dienone is 4. The van der Waals surface area contributed by atoms with Gasteiger partial charge >= 0.3 is 0 Å². The van der Waals surface area contributed by atoms with Crippen LogP contribution in [0.4, 0.5) is 0 Å². The summed E-state index contributed by atoms with van der Waals surface area (Å²) in [5.74, 6) is 0.0293. The van der Waals surface area contributed by atoms with Crippen molar-refractivity contribution in [2.24, 2.45) is 0 Å². The minimum absolute atomic E-state index is 0.0293. The molecule has 0 saturated carbocycles. The molecule has 1 aliphatic heterocycles. The van der Waals surface area contributed by atoms with Crippen LogP contribution in [0, 0.1) is 0 Å². The van der Waals surface area contributed by atoms with Crippen LogP contribution in [0.15, 0.2) is 48.6 Å². The van der Waals surface area contributed by atoms with Gasteiger partial charge < -0.3 is 10.2 Å². The van der Waals surface area contributed by atoms with E-state index in [0.29, 0.717) is 5.57 Å². The minimum atomic E-state index is 0.0293. The molecule has 1 aliphatic rings. The fourth-order valence-corrected chi connectivity index (χ4v) is 2.28. The van der Waals surface area contributed by atoms with Crippen LogP contribution in [0.25, 0.3) is 0 Å². The highest BCUT2D eigenvalue weighted by Gasteiger charge is 2.24.